The Morgan fingerprint density at radius 3 is 2.20 bits per heavy atom. The van der Waals surface area contributed by atoms with Crippen molar-refractivity contribution in [3.05, 3.63) is 0 Å². The summed E-state index contributed by atoms with van der Waals surface area (Å²) in [4.78, 5) is 2.56. The molecule has 0 aliphatic carbocycles. The number of ether oxygens (including phenoxy) is 1. The fourth-order valence-electron chi connectivity index (χ4n) is 2.56. The summed E-state index contributed by atoms with van der Waals surface area (Å²) >= 11 is 0. The molecule has 0 saturated carbocycles. The zero-order valence-electron chi connectivity index (χ0n) is 10.3. The third kappa shape index (κ3) is 3.16. The molecule has 3 nitrogen and oxygen atoms in total. The number of hydrogen-bond donors (Lipinski definition) is 1. The Morgan fingerprint density at radius 2 is 1.80 bits per heavy atom. The predicted molar refractivity (Wildman–Crippen MR) is 64.0 cm³/mol. The van der Waals surface area contributed by atoms with Crippen LogP contribution in [-0.4, -0.2) is 43.8 Å². The topological polar surface area (TPSA) is 38.5 Å². The lowest BCUT2D eigenvalue weighted by Gasteiger charge is -2.42. The first kappa shape index (κ1) is 12.9. The maximum atomic E-state index is 5.96. The highest BCUT2D eigenvalue weighted by atomic mass is 16.5. The fraction of sp³-hybridized carbons (Fsp3) is 1.00. The molecule has 1 rings (SSSR count). The van der Waals surface area contributed by atoms with E-state index < -0.39 is 0 Å². The molecule has 0 bridgehead atoms. The van der Waals surface area contributed by atoms with E-state index in [1.54, 1.807) is 7.11 Å². The van der Waals surface area contributed by atoms with Gasteiger partial charge in [-0.25, -0.2) is 0 Å². The molecule has 1 atom stereocenters. The van der Waals surface area contributed by atoms with Gasteiger partial charge in [0.05, 0.1) is 12.1 Å². The monoisotopic (exact) mass is 214 g/mol. The van der Waals surface area contributed by atoms with Crippen LogP contribution in [0.15, 0.2) is 0 Å². The van der Waals surface area contributed by atoms with Crippen LogP contribution in [0.1, 0.15) is 39.0 Å². The van der Waals surface area contributed by atoms with Crippen molar-refractivity contribution in [2.45, 2.75) is 44.6 Å². The van der Waals surface area contributed by atoms with Gasteiger partial charge in [0.25, 0.3) is 0 Å². The van der Waals surface area contributed by atoms with Gasteiger partial charge in [-0.3, -0.25) is 4.90 Å². The Balaban J connectivity index is 2.66. The van der Waals surface area contributed by atoms with Crippen LogP contribution >= 0.6 is 0 Å². The highest BCUT2D eigenvalue weighted by Gasteiger charge is 2.33. The van der Waals surface area contributed by atoms with Gasteiger partial charge in [-0.05, 0) is 32.4 Å². The second-order valence-electron chi connectivity index (χ2n) is 4.62. The SMILES string of the molecule is CCC(CN)(COC)N1CCCCCC1. The standard InChI is InChI=1S/C12H26N2O/c1-3-12(10-13,11-15-2)14-8-6-4-5-7-9-14/h3-11,13H2,1-2H3. The minimum atomic E-state index is 0.0824. The number of hydrogen-bond acceptors (Lipinski definition) is 3. The molecule has 1 fully saturated rings. The molecule has 90 valence electrons. The van der Waals surface area contributed by atoms with Gasteiger partial charge in [-0.1, -0.05) is 19.8 Å². The molecular formula is C12H26N2O. The first-order valence-corrected chi connectivity index (χ1v) is 6.23. The number of methoxy groups -OCH3 is 1. The van der Waals surface area contributed by atoms with Crippen molar-refractivity contribution in [1.29, 1.82) is 0 Å². The highest BCUT2D eigenvalue weighted by molar-refractivity contribution is 4.91. The molecule has 0 spiro atoms. The molecule has 1 heterocycles. The van der Waals surface area contributed by atoms with Crippen molar-refractivity contribution in [2.75, 3.05) is 33.4 Å². The molecule has 1 unspecified atom stereocenters. The zero-order valence-corrected chi connectivity index (χ0v) is 10.3. The van der Waals surface area contributed by atoms with E-state index in [1.807, 2.05) is 0 Å². The van der Waals surface area contributed by atoms with Gasteiger partial charge < -0.3 is 10.5 Å². The lowest BCUT2D eigenvalue weighted by Crippen LogP contribution is -2.56. The normalized spacial score (nSPS) is 23.4. The zero-order chi connectivity index (χ0) is 11.1. The van der Waals surface area contributed by atoms with Crippen LogP contribution in [-0.2, 0) is 4.74 Å². The van der Waals surface area contributed by atoms with Gasteiger partial charge in [0, 0.05) is 13.7 Å². The summed E-state index contributed by atoms with van der Waals surface area (Å²) in [6.07, 6.45) is 6.44. The Labute approximate surface area is 94.0 Å². The van der Waals surface area contributed by atoms with E-state index in [0.29, 0.717) is 6.54 Å². The third-order valence-electron chi connectivity index (χ3n) is 3.73. The molecule has 0 aromatic rings. The molecule has 0 amide bonds. The number of likely N-dealkylation sites (tertiary alicyclic amines) is 1. The molecule has 0 radical (unpaired) electrons. The lowest BCUT2D eigenvalue weighted by molar-refractivity contribution is 0.0137. The van der Waals surface area contributed by atoms with Gasteiger partial charge >= 0.3 is 0 Å². The second-order valence-corrected chi connectivity index (χ2v) is 4.62. The second kappa shape index (κ2) is 6.46. The van der Waals surface area contributed by atoms with Crippen molar-refractivity contribution < 1.29 is 4.74 Å². The Hall–Kier alpha value is -0.120. The average Bonchev–Trinajstić information content (AvgIpc) is 2.55. The van der Waals surface area contributed by atoms with Crippen LogP contribution < -0.4 is 5.73 Å². The number of nitrogens with two attached hydrogens (primary N) is 1. The van der Waals surface area contributed by atoms with E-state index in [1.165, 1.54) is 38.8 Å². The summed E-state index contributed by atoms with van der Waals surface area (Å²) in [5.74, 6) is 0. The summed E-state index contributed by atoms with van der Waals surface area (Å²) in [6.45, 7) is 6.07. The molecule has 1 saturated heterocycles. The minimum Gasteiger partial charge on any atom is -0.383 e. The quantitative estimate of drug-likeness (QED) is 0.756. The van der Waals surface area contributed by atoms with Gasteiger partial charge in [0.1, 0.15) is 0 Å². The Bertz CT molecular complexity index is 161. The maximum Gasteiger partial charge on any atom is 0.0658 e. The van der Waals surface area contributed by atoms with Crippen LogP contribution in [0.3, 0.4) is 0 Å². The highest BCUT2D eigenvalue weighted by Crippen LogP contribution is 2.23. The van der Waals surface area contributed by atoms with Gasteiger partial charge in [-0.2, -0.15) is 0 Å². The van der Waals surface area contributed by atoms with E-state index in [9.17, 15) is 0 Å². The van der Waals surface area contributed by atoms with Crippen molar-refractivity contribution in [1.82, 2.24) is 4.90 Å². The summed E-state index contributed by atoms with van der Waals surface area (Å²) in [5, 5.41) is 0. The average molecular weight is 214 g/mol. The van der Waals surface area contributed by atoms with Crippen LogP contribution in [0.25, 0.3) is 0 Å². The summed E-state index contributed by atoms with van der Waals surface area (Å²) in [7, 11) is 1.78. The molecular weight excluding hydrogens is 188 g/mol. The number of rotatable bonds is 5. The van der Waals surface area contributed by atoms with Crippen LogP contribution in [0.5, 0.6) is 0 Å². The molecule has 2 N–H and O–H groups in total. The summed E-state index contributed by atoms with van der Waals surface area (Å²) < 4.78 is 5.36. The third-order valence-corrected chi connectivity index (χ3v) is 3.73. The first-order chi connectivity index (χ1) is 7.29. The molecule has 3 heteroatoms. The van der Waals surface area contributed by atoms with Gasteiger partial charge in [-0.15, -0.1) is 0 Å². The molecule has 1 aliphatic heterocycles. The van der Waals surface area contributed by atoms with E-state index >= 15 is 0 Å². The molecule has 0 aromatic carbocycles. The van der Waals surface area contributed by atoms with Crippen LogP contribution in [0.4, 0.5) is 0 Å². The van der Waals surface area contributed by atoms with Gasteiger partial charge in [0.15, 0.2) is 0 Å². The van der Waals surface area contributed by atoms with E-state index in [-0.39, 0.29) is 5.54 Å². The van der Waals surface area contributed by atoms with Crippen molar-refractivity contribution in [3.8, 4) is 0 Å². The van der Waals surface area contributed by atoms with Gasteiger partial charge in [0.2, 0.25) is 0 Å². The Kier molecular flexibility index (Phi) is 5.58. The fourth-order valence-corrected chi connectivity index (χ4v) is 2.56. The van der Waals surface area contributed by atoms with E-state index in [0.717, 1.165) is 13.0 Å². The number of nitrogens with zero attached hydrogens (tertiary/aromatic N) is 1. The van der Waals surface area contributed by atoms with Crippen molar-refractivity contribution >= 4 is 0 Å². The van der Waals surface area contributed by atoms with Crippen LogP contribution in [0.2, 0.25) is 0 Å². The molecule has 1 aliphatic rings. The molecule has 15 heavy (non-hydrogen) atoms. The van der Waals surface area contributed by atoms with E-state index in [2.05, 4.69) is 11.8 Å². The van der Waals surface area contributed by atoms with E-state index in [4.69, 9.17) is 10.5 Å². The first-order valence-electron chi connectivity index (χ1n) is 6.23. The van der Waals surface area contributed by atoms with Crippen molar-refractivity contribution in [2.24, 2.45) is 5.73 Å². The lowest BCUT2D eigenvalue weighted by atomic mass is 9.94. The molecule has 0 aromatic heterocycles. The van der Waals surface area contributed by atoms with Crippen LogP contribution in [0, 0.1) is 0 Å². The largest absolute Gasteiger partial charge is 0.383 e. The maximum absolute atomic E-state index is 5.96. The summed E-state index contributed by atoms with van der Waals surface area (Å²) in [6, 6.07) is 0. The minimum absolute atomic E-state index is 0.0824. The Morgan fingerprint density at radius 1 is 1.20 bits per heavy atom. The van der Waals surface area contributed by atoms with Crippen molar-refractivity contribution in [3.63, 3.8) is 0 Å². The predicted octanol–water partition coefficient (Wildman–Crippen LogP) is 1.62. The summed E-state index contributed by atoms with van der Waals surface area (Å²) in [5.41, 5.74) is 6.05. The smallest absolute Gasteiger partial charge is 0.0658 e.